The van der Waals surface area contributed by atoms with Gasteiger partial charge in [0.25, 0.3) is 0 Å². The molecule has 0 aliphatic heterocycles. The van der Waals surface area contributed by atoms with Crippen molar-refractivity contribution in [1.82, 2.24) is 4.98 Å². The first-order chi connectivity index (χ1) is 8.33. The highest BCUT2D eigenvalue weighted by atomic mass is 16.1. The minimum atomic E-state index is 0.243. The summed E-state index contributed by atoms with van der Waals surface area (Å²) in [5, 5.41) is 1.14. The lowest BCUT2D eigenvalue weighted by Gasteiger charge is -2.12. The molecule has 1 heterocycles. The highest BCUT2D eigenvalue weighted by Gasteiger charge is 2.11. The third kappa shape index (κ3) is 1.98. The zero-order chi connectivity index (χ0) is 11.7. The van der Waals surface area contributed by atoms with Gasteiger partial charge in [-0.2, -0.15) is 0 Å². The average Bonchev–Trinajstić information content (AvgIpc) is 2.38. The number of benzene rings is 1. The summed E-state index contributed by atoms with van der Waals surface area (Å²) < 4.78 is 0. The van der Waals surface area contributed by atoms with Crippen LogP contribution in [0.5, 0.6) is 0 Å². The number of carbonyl (C=O) groups excluding carboxylic acids is 1. The molecule has 0 unspecified atom stereocenters. The first-order valence-electron chi connectivity index (χ1n) is 5.91. The SMILES string of the molecule is O=C1C=C(c2ccc3cccnc3c2)CCC1. The van der Waals surface area contributed by atoms with Crippen LogP contribution < -0.4 is 0 Å². The van der Waals surface area contributed by atoms with Crippen molar-refractivity contribution in [1.29, 1.82) is 0 Å². The van der Waals surface area contributed by atoms with Gasteiger partial charge in [0.15, 0.2) is 5.78 Å². The molecule has 0 atom stereocenters. The quantitative estimate of drug-likeness (QED) is 0.741. The highest BCUT2D eigenvalue weighted by Crippen LogP contribution is 2.27. The zero-order valence-corrected chi connectivity index (χ0v) is 9.52. The maximum absolute atomic E-state index is 11.4. The second-order valence-electron chi connectivity index (χ2n) is 4.40. The monoisotopic (exact) mass is 223 g/mol. The third-order valence-electron chi connectivity index (χ3n) is 3.18. The molecule has 0 radical (unpaired) electrons. The van der Waals surface area contributed by atoms with Crippen LogP contribution in [-0.2, 0) is 4.79 Å². The Morgan fingerprint density at radius 2 is 2.06 bits per heavy atom. The lowest BCUT2D eigenvalue weighted by Crippen LogP contribution is -2.02. The van der Waals surface area contributed by atoms with Gasteiger partial charge < -0.3 is 0 Å². The van der Waals surface area contributed by atoms with Crippen LogP contribution in [0.15, 0.2) is 42.6 Å². The molecule has 0 saturated heterocycles. The summed E-state index contributed by atoms with van der Waals surface area (Å²) in [7, 11) is 0. The Morgan fingerprint density at radius 1 is 1.12 bits per heavy atom. The topological polar surface area (TPSA) is 30.0 Å². The first kappa shape index (κ1) is 10.2. The van der Waals surface area contributed by atoms with Crippen LogP contribution in [0.4, 0.5) is 0 Å². The molecule has 0 spiro atoms. The molecule has 2 aromatic rings. The van der Waals surface area contributed by atoms with Crippen molar-refractivity contribution in [3.05, 3.63) is 48.2 Å². The number of carbonyl (C=O) groups is 1. The minimum Gasteiger partial charge on any atom is -0.295 e. The zero-order valence-electron chi connectivity index (χ0n) is 9.52. The standard InChI is InChI=1S/C15H13NO/c17-14-5-1-3-12(9-14)13-7-6-11-4-2-8-16-15(11)10-13/h2,4,6-10H,1,3,5H2. The molecule has 17 heavy (non-hydrogen) atoms. The molecule has 2 heteroatoms. The molecule has 0 amide bonds. The number of rotatable bonds is 1. The fraction of sp³-hybridized carbons (Fsp3) is 0.200. The van der Waals surface area contributed by atoms with E-state index >= 15 is 0 Å². The molecule has 0 N–H and O–H groups in total. The molecule has 1 aliphatic carbocycles. The van der Waals surface area contributed by atoms with E-state index < -0.39 is 0 Å². The summed E-state index contributed by atoms with van der Waals surface area (Å²) >= 11 is 0. The predicted octanol–water partition coefficient (Wildman–Crippen LogP) is 3.37. The number of hydrogen-bond acceptors (Lipinski definition) is 2. The molecule has 0 fully saturated rings. The number of ketones is 1. The van der Waals surface area contributed by atoms with Gasteiger partial charge in [-0.1, -0.05) is 18.2 Å². The number of aromatic nitrogens is 1. The molecule has 2 nitrogen and oxygen atoms in total. The van der Waals surface area contributed by atoms with E-state index in [2.05, 4.69) is 23.2 Å². The summed E-state index contributed by atoms with van der Waals surface area (Å²) in [5.41, 5.74) is 3.27. The summed E-state index contributed by atoms with van der Waals surface area (Å²) in [4.78, 5) is 15.8. The maximum atomic E-state index is 11.4. The first-order valence-corrected chi connectivity index (χ1v) is 5.91. The smallest absolute Gasteiger partial charge is 0.155 e. The highest BCUT2D eigenvalue weighted by molar-refractivity contribution is 5.99. The summed E-state index contributed by atoms with van der Waals surface area (Å²) in [6.07, 6.45) is 6.23. The lowest BCUT2D eigenvalue weighted by molar-refractivity contribution is -0.114. The number of fused-ring (bicyclic) bond motifs is 1. The molecule has 0 bridgehead atoms. The molecule has 1 aliphatic rings. The largest absolute Gasteiger partial charge is 0.295 e. The Hall–Kier alpha value is -1.96. The fourth-order valence-electron chi connectivity index (χ4n) is 2.29. The van der Waals surface area contributed by atoms with Crippen molar-refractivity contribution in [3.63, 3.8) is 0 Å². The van der Waals surface area contributed by atoms with Gasteiger partial charge in [-0.15, -0.1) is 0 Å². The summed E-state index contributed by atoms with van der Waals surface area (Å²) in [6.45, 7) is 0. The number of pyridine rings is 1. The summed E-state index contributed by atoms with van der Waals surface area (Å²) in [6, 6.07) is 10.2. The lowest BCUT2D eigenvalue weighted by atomic mass is 9.92. The van der Waals surface area contributed by atoms with Crippen molar-refractivity contribution in [2.75, 3.05) is 0 Å². The molecule has 0 saturated carbocycles. The van der Waals surface area contributed by atoms with Gasteiger partial charge in [0.05, 0.1) is 5.52 Å². The fourth-order valence-corrected chi connectivity index (χ4v) is 2.29. The third-order valence-corrected chi connectivity index (χ3v) is 3.18. The van der Waals surface area contributed by atoms with Crippen LogP contribution >= 0.6 is 0 Å². The van der Waals surface area contributed by atoms with E-state index in [1.807, 2.05) is 12.1 Å². The molecule has 1 aromatic carbocycles. The van der Waals surface area contributed by atoms with Gasteiger partial charge in [-0.25, -0.2) is 0 Å². The van der Waals surface area contributed by atoms with E-state index in [4.69, 9.17) is 0 Å². The molecular weight excluding hydrogens is 210 g/mol. The van der Waals surface area contributed by atoms with Gasteiger partial charge in [0.1, 0.15) is 0 Å². The van der Waals surface area contributed by atoms with Crippen LogP contribution in [0.3, 0.4) is 0 Å². The van der Waals surface area contributed by atoms with Crippen molar-refractivity contribution in [3.8, 4) is 0 Å². The van der Waals surface area contributed by atoms with Gasteiger partial charge >= 0.3 is 0 Å². The van der Waals surface area contributed by atoms with Gasteiger partial charge in [-0.05, 0) is 42.2 Å². The van der Waals surface area contributed by atoms with Crippen molar-refractivity contribution in [2.24, 2.45) is 0 Å². The van der Waals surface area contributed by atoms with Crippen molar-refractivity contribution < 1.29 is 4.79 Å². The average molecular weight is 223 g/mol. The normalized spacial score (nSPS) is 16.0. The van der Waals surface area contributed by atoms with Crippen LogP contribution in [-0.4, -0.2) is 10.8 Å². The van der Waals surface area contributed by atoms with E-state index in [0.717, 1.165) is 34.9 Å². The molecular formula is C15H13NO. The van der Waals surface area contributed by atoms with Crippen LogP contribution in [0.2, 0.25) is 0 Å². The molecule has 1 aromatic heterocycles. The van der Waals surface area contributed by atoms with Crippen LogP contribution in [0, 0.1) is 0 Å². The van der Waals surface area contributed by atoms with Gasteiger partial charge in [0, 0.05) is 18.0 Å². The van der Waals surface area contributed by atoms with Gasteiger partial charge in [-0.3, -0.25) is 9.78 Å². The van der Waals surface area contributed by atoms with Gasteiger partial charge in [0.2, 0.25) is 0 Å². The molecule has 3 rings (SSSR count). The van der Waals surface area contributed by atoms with E-state index in [9.17, 15) is 4.79 Å². The maximum Gasteiger partial charge on any atom is 0.155 e. The van der Waals surface area contributed by atoms with E-state index in [1.165, 1.54) is 0 Å². The summed E-state index contributed by atoms with van der Waals surface area (Å²) in [5.74, 6) is 0.243. The Labute approximate surface area is 100.0 Å². The Morgan fingerprint density at radius 3 is 2.94 bits per heavy atom. The second kappa shape index (κ2) is 4.13. The second-order valence-corrected chi connectivity index (χ2v) is 4.40. The number of nitrogens with zero attached hydrogens (tertiary/aromatic N) is 1. The Balaban J connectivity index is 2.09. The van der Waals surface area contributed by atoms with Crippen LogP contribution in [0.1, 0.15) is 24.8 Å². The minimum absolute atomic E-state index is 0.243. The number of allylic oxidation sites excluding steroid dienone is 2. The van der Waals surface area contributed by atoms with E-state index in [1.54, 1.807) is 12.3 Å². The number of hydrogen-bond donors (Lipinski definition) is 0. The van der Waals surface area contributed by atoms with Crippen molar-refractivity contribution in [2.45, 2.75) is 19.3 Å². The van der Waals surface area contributed by atoms with E-state index in [0.29, 0.717) is 6.42 Å². The Bertz CT molecular complexity index is 613. The van der Waals surface area contributed by atoms with Crippen molar-refractivity contribution >= 4 is 22.3 Å². The molecule has 84 valence electrons. The van der Waals surface area contributed by atoms with Crippen LogP contribution in [0.25, 0.3) is 16.5 Å². The predicted molar refractivity (Wildman–Crippen MR) is 68.6 cm³/mol. The van der Waals surface area contributed by atoms with E-state index in [-0.39, 0.29) is 5.78 Å². The Kier molecular flexibility index (Phi) is 2.48.